The number of nitrogens with one attached hydrogen (secondary N) is 2. The fourth-order valence-electron chi connectivity index (χ4n) is 4.43. The highest BCUT2D eigenvalue weighted by Gasteiger charge is 2.42. The van der Waals surface area contributed by atoms with Crippen LogP contribution in [0.1, 0.15) is 45.4 Å². The molecule has 4 heteroatoms. The van der Waals surface area contributed by atoms with Gasteiger partial charge in [-0.15, -0.1) is 0 Å². The SMILES string of the molecule is CC(=O)N1CCCNC[C]1C1NCC[C@H]2CCCC[C@@H]12. The normalized spacial score (nSPS) is 36.2. The third kappa shape index (κ3) is 2.86. The van der Waals surface area contributed by atoms with E-state index in [1.807, 2.05) is 0 Å². The van der Waals surface area contributed by atoms with Crippen molar-refractivity contribution in [2.75, 3.05) is 26.2 Å². The Kier molecular flexibility index (Phi) is 4.61. The number of fused-ring (bicyclic) bond motifs is 1. The number of hydrogen-bond donors (Lipinski definition) is 2. The summed E-state index contributed by atoms with van der Waals surface area (Å²) in [6, 6.07) is 1.73. The number of carbonyl (C=O) groups is 1. The molecular formula is C16H28N3O. The average molecular weight is 278 g/mol. The molecule has 3 atom stereocenters. The Hall–Kier alpha value is -0.610. The summed E-state index contributed by atoms with van der Waals surface area (Å²) >= 11 is 0. The van der Waals surface area contributed by atoms with E-state index in [0.29, 0.717) is 6.04 Å². The third-order valence-electron chi connectivity index (χ3n) is 5.40. The van der Waals surface area contributed by atoms with Crippen LogP contribution in [-0.2, 0) is 4.79 Å². The Balaban J connectivity index is 1.78. The van der Waals surface area contributed by atoms with Gasteiger partial charge in [0.15, 0.2) is 0 Å². The van der Waals surface area contributed by atoms with Crippen molar-refractivity contribution in [2.45, 2.75) is 51.5 Å². The molecule has 1 radical (unpaired) electrons. The van der Waals surface area contributed by atoms with E-state index in [1.165, 1.54) is 38.1 Å². The molecule has 1 aliphatic carbocycles. The van der Waals surface area contributed by atoms with Gasteiger partial charge in [-0.1, -0.05) is 19.3 Å². The van der Waals surface area contributed by atoms with Gasteiger partial charge in [-0.3, -0.25) is 4.79 Å². The minimum Gasteiger partial charge on any atom is -0.332 e. The Morgan fingerprint density at radius 1 is 1.15 bits per heavy atom. The van der Waals surface area contributed by atoms with Gasteiger partial charge in [-0.25, -0.2) is 0 Å². The summed E-state index contributed by atoms with van der Waals surface area (Å²) < 4.78 is 0. The molecule has 0 spiro atoms. The topological polar surface area (TPSA) is 44.4 Å². The highest BCUT2D eigenvalue weighted by atomic mass is 16.2. The highest BCUT2D eigenvalue weighted by Crippen LogP contribution is 2.40. The van der Waals surface area contributed by atoms with Crippen LogP contribution in [-0.4, -0.2) is 43.0 Å². The van der Waals surface area contributed by atoms with Gasteiger partial charge in [0, 0.05) is 26.1 Å². The van der Waals surface area contributed by atoms with Crippen molar-refractivity contribution in [2.24, 2.45) is 11.8 Å². The molecule has 2 N–H and O–H groups in total. The number of nitrogens with zero attached hydrogens (tertiary/aromatic N) is 1. The maximum Gasteiger partial charge on any atom is 0.220 e. The Bertz CT molecular complexity index is 345. The first-order valence-corrected chi connectivity index (χ1v) is 8.35. The zero-order valence-corrected chi connectivity index (χ0v) is 12.7. The minimum absolute atomic E-state index is 0.212. The number of amides is 1. The van der Waals surface area contributed by atoms with Gasteiger partial charge in [-0.2, -0.15) is 0 Å². The molecule has 20 heavy (non-hydrogen) atoms. The van der Waals surface area contributed by atoms with Crippen LogP contribution in [0.2, 0.25) is 0 Å². The molecule has 1 amide bonds. The van der Waals surface area contributed by atoms with Crippen LogP contribution in [0.4, 0.5) is 0 Å². The predicted molar refractivity (Wildman–Crippen MR) is 80.0 cm³/mol. The van der Waals surface area contributed by atoms with Crippen LogP contribution < -0.4 is 10.6 Å². The quantitative estimate of drug-likeness (QED) is 0.764. The monoisotopic (exact) mass is 278 g/mol. The molecule has 2 saturated heterocycles. The van der Waals surface area contributed by atoms with Crippen molar-refractivity contribution in [3.8, 4) is 0 Å². The second kappa shape index (κ2) is 6.44. The lowest BCUT2D eigenvalue weighted by Gasteiger charge is -2.47. The first-order valence-electron chi connectivity index (χ1n) is 8.35. The summed E-state index contributed by atoms with van der Waals surface area (Å²) in [6.45, 7) is 5.61. The van der Waals surface area contributed by atoms with E-state index in [2.05, 4.69) is 15.5 Å². The summed E-state index contributed by atoms with van der Waals surface area (Å²) in [4.78, 5) is 14.1. The molecule has 0 aromatic heterocycles. The summed E-state index contributed by atoms with van der Waals surface area (Å²) in [6.07, 6.45) is 7.87. The second-order valence-corrected chi connectivity index (χ2v) is 6.62. The third-order valence-corrected chi connectivity index (χ3v) is 5.40. The number of rotatable bonds is 1. The highest BCUT2D eigenvalue weighted by molar-refractivity contribution is 5.75. The van der Waals surface area contributed by atoms with Crippen molar-refractivity contribution in [1.29, 1.82) is 0 Å². The van der Waals surface area contributed by atoms with E-state index in [9.17, 15) is 4.79 Å². The van der Waals surface area contributed by atoms with Crippen molar-refractivity contribution in [3.63, 3.8) is 0 Å². The molecule has 4 nitrogen and oxygen atoms in total. The molecule has 1 saturated carbocycles. The zero-order chi connectivity index (χ0) is 13.9. The number of piperidine rings is 1. The van der Waals surface area contributed by atoms with Gasteiger partial charge >= 0.3 is 0 Å². The fourth-order valence-corrected chi connectivity index (χ4v) is 4.43. The van der Waals surface area contributed by atoms with Crippen molar-refractivity contribution in [3.05, 3.63) is 6.04 Å². The van der Waals surface area contributed by atoms with Crippen molar-refractivity contribution >= 4 is 5.91 Å². The standard InChI is InChI=1S/C16H28N3O/c1-12(20)19-10-4-8-17-11-15(19)16-14-6-3-2-5-13(14)7-9-18-16/h13-14,16-18H,2-11H2,1H3/t13-,14-,16?/m1/s1. The molecule has 3 aliphatic rings. The summed E-state index contributed by atoms with van der Waals surface area (Å²) in [5, 5.41) is 7.23. The van der Waals surface area contributed by atoms with Gasteiger partial charge in [0.05, 0.1) is 6.04 Å². The van der Waals surface area contributed by atoms with Crippen LogP contribution in [0.5, 0.6) is 0 Å². The zero-order valence-electron chi connectivity index (χ0n) is 12.7. The molecule has 2 heterocycles. The first-order chi connectivity index (χ1) is 9.77. The van der Waals surface area contributed by atoms with Crippen LogP contribution >= 0.6 is 0 Å². The van der Waals surface area contributed by atoms with E-state index in [0.717, 1.165) is 44.4 Å². The minimum atomic E-state index is 0.212. The number of carbonyl (C=O) groups excluding carboxylic acids is 1. The van der Waals surface area contributed by atoms with Gasteiger partial charge < -0.3 is 15.5 Å². The molecule has 0 aromatic carbocycles. The lowest BCUT2D eigenvalue weighted by Crippen LogP contribution is -2.56. The lowest BCUT2D eigenvalue weighted by molar-refractivity contribution is -0.129. The smallest absolute Gasteiger partial charge is 0.220 e. The van der Waals surface area contributed by atoms with Crippen LogP contribution in [0.3, 0.4) is 0 Å². The maximum atomic E-state index is 12.0. The molecule has 0 bridgehead atoms. The summed E-state index contributed by atoms with van der Waals surface area (Å²) in [5.74, 6) is 1.83. The van der Waals surface area contributed by atoms with Crippen LogP contribution in [0, 0.1) is 17.9 Å². The molecule has 0 aromatic rings. The summed E-state index contributed by atoms with van der Waals surface area (Å²) in [5.41, 5.74) is 0. The van der Waals surface area contributed by atoms with Gasteiger partial charge in [0.1, 0.15) is 0 Å². The van der Waals surface area contributed by atoms with Crippen molar-refractivity contribution < 1.29 is 4.79 Å². The van der Waals surface area contributed by atoms with Crippen LogP contribution in [0.25, 0.3) is 0 Å². The summed E-state index contributed by atoms with van der Waals surface area (Å²) in [7, 11) is 0. The largest absolute Gasteiger partial charge is 0.332 e. The van der Waals surface area contributed by atoms with Gasteiger partial charge in [0.2, 0.25) is 5.91 Å². The molecular weight excluding hydrogens is 250 g/mol. The Morgan fingerprint density at radius 3 is 2.85 bits per heavy atom. The predicted octanol–water partition coefficient (Wildman–Crippen LogP) is 1.53. The lowest BCUT2D eigenvalue weighted by atomic mass is 9.69. The number of hydrogen-bond acceptors (Lipinski definition) is 3. The van der Waals surface area contributed by atoms with E-state index >= 15 is 0 Å². The molecule has 2 aliphatic heterocycles. The van der Waals surface area contributed by atoms with E-state index < -0.39 is 0 Å². The molecule has 3 fully saturated rings. The Labute approximate surface area is 122 Å². The fraction of sp³-hybridized carbons (Fsp3) is 0.875. The molecule has 113 valence electrons. The van der Waals surface area contributed by atoms with E-state index in [-0.39, 0.29) is 5.91 Å². The van der Waals surface area contributed by atoms with E-state index in [1.54, 1.807) is 6.92 Å². The van der Waals surface area contributed by atoms with Gasteiger partial charge in [0.25, 0.3) is 0 Å². The van der Waals surface area contributed by atoms with E-state index in [4.69, 9.17) is 0 Å². The van der Waals surface area contributed by atoms with Gasteiger partial charge in [-0.05, 0) is 44.2 Å². The van der Waals surface area contributed by atoms with Crippen molar-refractivity contribution in [1.82, 2.24) is 15.5 Å². The van der Waals surface area contributed by atoms with Crippen LogP contribution in [0.15, 0.2) is 0 Å². The second-order valence-electron chi connectivity index (χ2n) is 6.62. The molecule has 1 unspecified atom stereocenters. The Morgan fingerprint density at radius 2 is 2.00 bits per heavy atom. The molecule has 3 rings (SSSR count). The average Bonchev–Trinajstić information content (AvgIpc) is 2.72. The first kappa shape index (κ1) is 14.3. The maximum absolute atomic E-state index is 12.0.